The highest BCUT2D eigenvalue weighted by atomic mass is 19.1. The summed E-state index contributed by atoms with van der Waals surface area (Å²) in [7, 11) is 2.03. The molecule has 3 rings (SSSR count). The van der Waals surface area contributed by atoms with E-state index in [0.29, 0.717) is 48.8 Å². The van der Waals surface area contributed by atoms with Crippen LogP contribution in [0.2, 0.25) is 0 Å². The summed E-state index contributed by atoms with van der Waals surface area (Å²) >= 11 is 0. The predicted octanol–water partition coefficient (Wildman–Crippen LogP) is 4.03. The number of rotatable bonds is 9. The Kier molecular flexibility index (Phi) is 7.59. The van der Waals surface area contributed by atoms with E-state index in [1.807, 2.05) is 13.1 Å². The van der Waals surface area contributed by atoms with Crippen LogP contribution in [-0.2, 0) is 17.9 Å². The fraction of sp³-hybridized carbons (Fsp3) is 0.542. The molecule has 0 aliphatic carbocycles. The topological polar surface area (TPSA) is 81.2 Å². The van der Waals surface area contributed by atoms with Gasteiger partial charge in [-0.1, -0.05) is 26.0 Å². The highest BCUT2D eigenvalue weighted by Gasteiger charge is 2.26. The summed E-state index contributed by atoms with van der Waals surface area (Å²) in [6, 6.07) is 6.35. The van der Waals surface area contributed by atoms with Crippen LogP contribution in [0.3, 0.4) is 0 Å². The Hall–Kier alpha value is -2.54. The Labute approximate surface area is 183 Å². The number of amides is 1. The maximum atomic E-state index is 13.8. The summed E-state index contributed by atoms with van der Waals surface area (Å²) in [5.41, 5.74) is 7.57. The summed E-state index contributed by atoms with van der Waals surface area (Å²) in [5, 5.41) is 0. The molecule has 0 spiro atoms. The van der Waals surface area contributed by atoms with E-state index in [4.69, 9.17) is 5.73 Å². The molecule has 1 aromatic carbocycles. The number of imidazole rings is 1. The molecule has 31 heavy (non-hydrogen) atoms. The van der Waals surface area contributed by atoms with Crippen LogP contribution in [-0.4, -0.2) is 39.7 Å². The minimum absolute atomic E-state index is 0.0329. The Bertz CT molecular complexity index is 938. The van der Waals surface area contributed by atoms with Crippen LogP contribution in [0.25, 0.3) is 11.4 Å². The maximum Gasteiger partial charge on any atom is 0.220 e. The number of hydrogen-bond donors (Lipinski definition) is 1. The molecule has 6 nitrogen and oxygen atoms in total. The molecule has 0 radical (unpaired) electrons. The lowest BCUT2D eigenvalue weighted by Gasteiger charge is -2.15. The third kappa shape index (κ3) is 5.79. The lowest BCUT2D eigenvalue weighted by Crippen LogP contribution is -2.24. The van der Waals surface area contributed by atoms with Gasteiger partial charge in [0, 0.05) is 31.0 Å². The number of carbonyl (C=O) groups excluding carboxylic acids is 2. The molecule has 2 aromatic rings. The minimum atomic E-state index is -0.323. The second-order valence-corrected chi connectivity index (χ2v) is 9.03. The third-order valence-corrected chi connectivity index (χ3v) is 5.88. The molecule has 2 heterocycles. The van der Waals surface area contributed by atoms with Gasteiger partial charge in [0.25, 0.3) is 0 Å². The average molecular weight is 429 g/mol. The summed E-state index contributed by atoms with van der Waals surface area (Å²) in [5.74, 6) is 0.156. The molecule has 2 N–H and O–H groups in total. The molecule has 0 saturated heterocycles. The van der Waals surface area contributed by atoms with Gasteiger partial charge < -0.3 is 15.2 Å². The molecule has 1 aliphatic rings. The van der Waals surface area contributed by atoms with Crippen molar-refractivity contribution in [1.82, 2.24) is 14.5 Å². The largest absolute Gasteiger partial charge is 0.369 e. The fourth-order valence-corrected chi connectivity index (χ4v) is 4.36. The maximum absolute atomic E-state index is 13.8. The minimum Gasteiger partial charge on any atom is -0.369 e. The zero-order valence-electron chi connectivity index (χ0n) is 18.7. The predicted molar refractivity (Wildman–Crippen MR) is 119 cm³/mol. The quantitative estimate of drug-likeness (QED) is 0.612. The van der Waals surface area contributed by atoms with Crippen LogP contribution in [0, 0.1) is 17.7 Å². The van der Waals surface area contributed by atoms with Gasteiger partial charge in [0.1, 0.15) is 17.3 Å². The zero-order chi connectivity index (χ0) is 22.5. The highest BCUT2D eigenvalue weighted by Crippen LogP contribution is 2.28. The van der Waals surface area contributed by atoms with E-state index < -0.39 is 0 Å². The van der Waals surface area contributed by atoms with Crippen molar-refractivity contribution < 1.29 is 14.0 Å². The Morgan fingerprint density at radius 1 is 1.26 bits per heavy atom. The van der Waals surface area contributed by atoms with Gasteiger partial charge in [-0.05, 0) is 57.3 Å². The molecular formula is C24H33FN4O2. The second-order valence-electron chi connectivity index (χ2n) is 9.03. The number of benzene rings is 1. The first-order chi connectivity index (χ1) is 14.8. The number of fused-ring (bicyclic) bond motifs is 1. The van der Waals surface area contributed by atoms with Crippen LogP contribution in [0.15, 0.2) is 24.3 Å². The van der Waals surface area contributed by atoms with Crippen molar-refractivity contribution in [2.75, 3.05) is 13.6 Å². The van der Waals surface area contributed by atoms with E-state index in [-0.39, 0.29) is 23.4 Å². The molecule has 0 bridgehead atoms. The van der Waals surface area contributed by atoms with Crippen molar-refractivity contribution in [3.8, 4) is 11.4 Å². The number of halogens is 1. The van der Waals surface area contributed by atoms with Crippen LogP contribution in [0.4, 0.5) is 4.39 Å². The van der Waals surface area contributed by atoms with E-state index in [1.54, 1.807) is 6.07 Å². The van der Waals surface area contributed by atoms with Crippen molar-refractivity contribution in [3.63, 3.8) is 0 Å². The molecule has 168 valence electrons. The normalized spacial score (nSPS) is 15.5. The highest BCUT2D eigenvalue weighted by molar-refractivity contribution is 5.96. The van der Waals surface area contributed by atoms with Gasteiger partial charge in [-0.2, -0.15) is 0 Å². The number of primary amides is 1. The Balaban J connectivity index is 1.83. The summed E-state index contributed by atoms with van der Waals surface area (Å²) < 4.78 is 15.9. The van der Waals surface area contributed by atoms with E-state index >= 15 is 0 Å². The molecule has 0 saturated carbocycles. The van der Waals surface area contributed by atoms with Gasteiger partial charge in [0.05, 0.1) is 5.69 Å². The van der Waals surface area contributed by atoms with Gasteiger partial charge in [-0.3, -0.25) is 9.59 Å². The van der Waals surface area contributed by atoms with Gasteiger partial charge in [0.15, 0.2) is 5.78 Å². The molecule has 1 aromatic heterocycles. The Morgan fingerprint density at radius 2 is 2.03 bits per heavy atom. The van der Waals surface area contributed by atoms with Gasteiger partial charge in [-0.25, -0.2) is 9.37 Å². The van der Waals surface area contributed by atoms with Crippen molar-refractivity contribution >= 4 is 11.7 Å². The number of nitrogens with two attached hydrogens (primary N) is 1. The van der Waals surface area contributed by atoms with E-state index in [1.165, 1.54) is 12.1 Å². The lowest BCUT2D eigenvalue weighted by atomic mass is 9.91. The molecule has 1 atom stereocenters. The van der Waals surface area contributed by atoms with E-state index in [9.17, 15) is 14.0 Å². The van der Waals surface area contributed by atoms with Gasteiger partial charge >= 0.3 is 0 Å². The summed E-state index contributed by atoms with van der Waals surface area (Å²) in [4.78, 5) is 31.7. The third-order valence-electron chi connectivity index (χ3n) is 5.88. The lowest BCUT2D eigenvalue weighted by molar-refractivity contribution is -0.122. The number of Topliss-reactive ketones (excluding diaryl/α,β-unsaturated/α-hetero) is 1. The standard InChI is InChI=1S/C24H33FN4O2/c1-16(2)13-17(23(26)31)7-5-10-21(30)22-20-15-28(3)11-6-12-29(20)24(27-22)18-8-4-9-19(25)14-18/h4,8-9,14,16-17H,5-7,10-13,15H2,1-3H3,(H2,26,31)/t17-/m0/s1. The molecular weight excluding hydrogens is 395 g/mol. The second kappa shape index (κ2) is 10.2. The van der Waals surface area contributed by atoms with Crippen LogP contribution in [0.5, 0.6) is 0 Å². The van der Waals surface area contributed by atoms with Crippen LogP contribution < -0.4 is 5.73 Å². The molecule has 1 amide bonds. The smallest absolute Gasteiger partial charge is 0.220 e. The average Bonchev–Trinajstić information content (AvgIpc) is 2.93. The van der Waals surface area contributed by atoms with E-state index in [2.05, 4.69) is 28.3 Å². The fourth-order valence-electron chi connectivity index (χ4n) is 4.36. The summed E-state index contributed by atoms with van der Waals surface area (Å²) in [6.45, 7) is 6.41. The molecule has 7 heteroatoms. The van der Waals surface area contributed by atoms with Crippen LogP contribution >= 0.6 is 0 Å². The van der Waals surface area contributed by atoms with Crippen molar-refractivity contribution in [1.29, 1.82) is 0 Å². The first kappa shape index (κ1) is 23.1. The van der Waals surface area contributed by atoms with Crippen molar-refractivity contribution in [3.05, 3.63) is 41.5 Å². The Morgan fingerprint density at radius 3 is 2.71 bits per heavy atom. The molecule has 1 aliphatic heterocycles. The number of nitrogens with zero attached hydrogens (tertiary/aromatic N) is 3. The van der Waals surface area contributed by atoms with Gasteiger partial charge in [0.2, 0.25) is 5.91 Å². The number of hydrogen-bond acceptors (Lipinski definition) is 4. The zero-order valence-corrected chi connectivity index (χ0v) is 18.7. The van der Waals surface area contributed by atoms with E-state index in [0.717, 1.165) is 31.6 Å². The van der Waals surface area contributed by atoms with Crippen molar-refractivity contribution in [2.24, 2.45) is 17.6 Å². The molecule has 0 unspecified atom stereocenters. The first-order valence-electron chi connectivity index (χ1n) is 11.1. The molecule has 0 fully saturated rings. The number of carbonyl (C=O) groups is 2. The number of aromatic nitrogens is 2. The monoisotopic (exact) mass is 428 g/mol. The van der Waals surface area contributed by atoms with Crippen molar-refractivity contribution in [2.45, 2.75) is 59.0 Å². The van der Waals surface area contributed by atoms with Crippen LogP contribution in [0.1, 0.15) is 62.1 Å². The SMILES string of the molecule is CC(C)C[C@H](CCCC(=O)c1nc(-c2cccc(F)c2)n2c1CN(C)CCC2)C(N)=O. The first-order valence-corrected chi connectivity index (χ1v) is 11.1. The van der Waals surface area contributed by atoms with Gasteiger partial charge in [-0.15, -0.1) is 0 Å². The summed E-state index contributed by atoms with van der Waals surface area (Å²) in [6.07, 6.45) is 3.18. The number of ketones is 1.